The third-order valence-corrected chi connectivity index (χ3v) is 2.98. The van der Waals surface area contributed by atoms with Crippen molar-refractivity contribution in [3.63, 3.8) is 0 Å². The molecule has 90 valence electrons. The number of nitrogens with zero attached hydrogens (tertiary/aromatic N) is 1. The van der Waals surface area contributed by atoms with Crippen molar-refractivity contribution in [1.29, 1.82) is 0 Å². The first-order chi connectivity index (χ1) is 7.09. The van der Waals surface area contributed by atoms with Crippen molar-refractivity contribution in [3.05, 3.63) is 23.0 Å². The molecule has 5 heteroatoms. The standard InChI is InChI=1S/C11H17ClN2OS/c1-11(2,3)8-6-9(10(12)13-7-8)14-16(4,5)15/h6-7H,4H2,1-3,5H3,(H,14,15). The highest BCUT2D eigenvalue weighted by molar-refractivity contribution is 8.00. The molecule has 16 heavy (non-hydrogen) atoms. The zero-order chi connectivity index (χ0) is 12.6. The maximum Gasteiger partial charge on any atom is 0.152 e. The summed E-state index contributed by atoms with van der Waals surface area (Å²) in [7, 11) is -2.34. The SMILES string of the molecule is C=S(C)(=O)Nc1cc(C(C)(C)C)cnc1Cl. The fourth-order valence-electron chi connectivity index (χ4n) is 1.16. The molecule has 0 spiro atoms. The molecule has 0 saturated carbocycles. The molecule has 0 aliphatic carbocycles. The van der Waals surface area contributed by atoms with Crippen LogP contribution in [0.25, 0.3) is 0 Å². The first kappa shape index (κ1) is 13.3. The van der Waals surface area contributed by atoms with Crippen molar-refractivity contribution in [2.24, 2.45) is 0 Å². The lowest BCUT2D eigenvalue weighted by Crippen LogP contribution is -2.14. The Kier molecular flexibility index (Phi) is 3.55. The maximum absolute atomic E-state index is 11.6. The van der Waals surface area contributed by atoms with Gasteiger partial charge in [-0.25, -0.2) is 9.19 Å². The Bertz CT molecular complexity index is 489. The molecular formula is C11H17ClN2OS. The summed E-state index contributed by atoms with van der Waals surface area (Å²) in [5.74, 6) is 3.53. The number of rotatable bonds is 2. The number of nitrogens with one attached hydrogen (secondary N) is 1. The molecule has 0 radical (unpaired) electrons. The van der Waals surface area contributed by atoms with Crippen LogP contribution >= 0.6 is 11.6 Å². The zero-order valence-electron chi connectivity index (χ0n) is 10.0. The van der Waals surface area contributed by atoms with Gasteiger partial charge in [-0.3, -0.25) is 0 Å². The molecule has 0 fully saturated rings. The van der Waals surface area contributed by atoms with E-state index in [1.165, 1.54) is 6.26 Å². The quantitative estimate of drug-likeness (QED) is 0.656. The summed E-state index contributed by atoms with van der Waals surface area (Å²) in [4.78, 5) is 4.08. The molecule has 0 aliphatic heterocycles. The summed E-state index contributed by atoms with van der Waals surface area (Å²) in [6.45, 7) is 6.24. The van der Waals surface area contributed by atoms with Crippen LogP contribution in [0.15, 0.2) is 12.3 Å². The van der Waals surface area contributed by atoms with E-state index < -0.39 is 9.71 Å². The summed E-state index contributed by atoms with van der Waals surface area (Å²) in [6.07, 6.45) is 3.25. The van der Waals surface area contributed by atoms with E-state index in [1.807, 2.05) is 6.07 Å². The van der Waals surface area contributed by atoms with Crippen molar-refractivity contribution < 1.29 is 4.21 Å². The number of aromatic nitrogens is 1. The average Bonchev–Trinajstić information content (AvgIpc) is 2.04. The van der Waals surface area contributed by atoms with E-state index in [0.29, 0.717) is 10.8 Å². The van der Waals surface area contributed by atoms with E-state index in [-0.39, 0.29) is 5.41 Å². The average molecular weight is 261 g/mol. The van der Waals surface area contributed by atoms with Crippen molar-refractivity contribution >= 4 is 32.9 Å². The van der Waals surface area contributed by atoms with Gasteiger partial charge in [0.25, 0.3) is 0 Å². The van der Waals surface area contributed by atoms with Crippen LogP contribution in [-0.2, 0) is 15.1 Å². The van der Waals surface area contributed by atoms with Gasteiger partial charge in [0, 0.05) is 22.2 Å². The van der Waals surface area contributed by atoms with Gasteiger partial charge < -0.3 is 4.72 Å². The first-order valence-electron chi connectivity index (χ1n) is 4.85. The smallest absolute Gasteiger partial charge is 0.152 e. The molecule has 0 aromatic carbocycles. The summed E-state index contributed by atoms with van der Waals surface area (Å²) >= 11 is 5.93. The highest BCUT2D eigenvalue weighted by Gasteiger charge is 2.16. The normalized spacial score (nSPS) is 15.6. The number of anilines is 1. The summed E-state index contributed by atoms with van der Waals surface area (Å²) < 4.78 is 14.3. The maximum atomic E-state index is 11.6. The van der Waals surface area contributed by atoms with Crippen molar-refractivity contribution in [1.82, 2.24) is 4.98 Å². The molecule has 0 bridgehead atoms. The summed E-state index contributed by atoms with van der Waals surface area (Å²) in [6, 6.07) is 1.86. The molecule has 1 atom stereocenters. The van der Waals surface area contributed by atoms with Crippen LogP contribution in [0.3, 0.4) is 0 Å². The van der Waals surface area contributed by atoms with Gasteiger partial charge in [0.05, 0.1) is 5.69 Å². The van der Waals surface area contributed by atoms with E-state index in [1.54, 1.807) is 6.20 Å². The molecule has 1 aromatic rings. The van der Waals surface area contributed by atoms with Gasteiger partial charge in [-0.15, -0.1) is 0 Å². The van der Waals surface area contributed by atoms with E-state index in [0.717, 1.165) is 5.56 Å². The molecule has 3 nitrogen and oxygen atoms in total. The Labute approximate surface area is 102 Å². The molecular weight excluding hydrogens is 244 g/mol. The van der Waals surface area contributed by atoms with Gasteiger partial charge in [0.1, 0.15) is 0 Å². The predicted octanol–water partition coefficient (Wildman–Crippen LogP) is 2.71. The largest absolute Gasteiger partial charge is 0.310 e. The van der Waals surface area contributed by atoms with E-state index in [2.05, 4.69) is 36.3 Å². The minimum absolute atomic E-state index is 0.0240. The second-order valence-electron chi connectivity index (χ2n) is 4.92. The molecule has 1 aromatic heterocycles. The highest BCUT2D eigenvalue weighted by Crippen LogP contribution is 2.28. The second kappa shape index (κ2) is 4.26. The summed E-state index contributed by atoms with van der Waals surface area (Å²) in [5, 5.41) is 0.311. The highest BCUT2D eigenvalue weighted by atomic mass is 35.5. The van der Waals surface area contributed by atoms with Gasteiger partial charge in [-0.05, 0) is 22.9 Å². The fraction of sp³-hybridized carbons (Fsp3) is 0.455. The molecule has 1 N–H and O–H groups in total. The Balaban J connectivity index is 3.20. The number of halogens is 1. The molecule has 0 amide bonds. The van der Waals surface area contributed by atoms with Gasteiger partial charge in [-0.2, -0.15) is 0 Å². The Morgan fingerprint density at radius 1 is 1.50 bits per heavy atom. The lowest BCUT2D eigenvalue weighted by Gasteiger charge is -2.20. The van der Waals surface area contributed by atoms with Gasteiger partial charge in [-0.1, -0.05) is 32.4 Å². The predicted molar refractivity (Wildman–Crippen MR) is 72.8 cm³/mol. The lowest BCUT2D eigenvalue weighted by atomic mass is 9.88. The van der Waals surface area contributed by atoms with Crippen LogP contribution in [0.5, 0.6) is 0 Å². The molecule has 1 rings (SSSR count). The van der Waals surface area contributed by atoms with Crippen LogP contribution in [-0.4, -0.2) is 21.3 Å². The fourth-order valence-corrected chi connectivity index (χ4v) is 1.99. The number of pyridine rings is 1. The number of hydrogen-bond donors (Lipinski definition) is 1. The molecule has 0 aliphatic rings. The van der Waals surface area contributed by atoms with E-state index in [9.17, 15) is 4.21 Å². The lowest BCUT2D eigenvalue weighted by molar-refractivity contribution is 0.588. The van der Waals surface area contributed by atoms with Crippen LogP contribution in [0.1, 0.15) is 26.3 Å². The van der Waals surface area contributed by atoms with Crippen molar-refractivity contribution in [2.75, 3.05) is 11.0 Å². The van der Waals surface area contributed by atoms with Crippen molar-refractivity contribution in [2.45, 2.75) is 26.2 Å². The molecule has 0 saturated heterocycles. The monoisotopic (exact) mass is 260 g/mol. The minimum Gasteiger partial charge on any atom is -0.310 e. The molecule has 1 heterocycles. The second-order valence-corrected chi connectivity index (χ2v) is 7.49. The minimum atomic E-state index is -2.34. The van der Waals surface area contributed by atoms with Gasteiger partial charge >= 0.3 is 0 Å². The van der Waals surface area contributed by atoms with Crippen LogP contribution in [0.2, 0.25) is 5.15 Å². The van der Waals surface area contributed by atoms with Crippen LogP contribution in [0.4, 0.5) is 5.69 Å². The van der Waals surface area contributed by atoms with E-state index in [4.69, 9.17) is 11.6 Å². The first-order valence-corrected chi connectivity index (χ1v) is 7.37. The Morgan fingerprint density at radius 3 is 2.50 bits per heavy atom. The Hall–Kier alpha value is -0.740. The third kappa shape index (κ3) is 3.68. The van der Waals surface area contributed by atoms with Crippen LogP contribution in [0, 0.1) is 0 Å². The molecule has 1 unspecified atom stereocenters. The Morgan fingerprint density at radius 2 is 2.06 bits per heavy atom. The van der Waals surface area contributed by atoms with Gasteiger partial charge in [0.2, 0.25) is 0 Å². The topological polar surface area (TPSA) is 42.0 Å². The van der Waals surface area contributed by atoms with Crippen molar-refractivity contribution in [3.8, 4) is 0 Å². The number of hydrogen-bond acceptors (Lipinski definition) is 2. The van der Waals surface area contributed by atoms with Crippen LogP contribution < -0.4 is 4.72 Å². The van der Waals surface area contributed by atoms with Gasteiger partial charge in [0.15, 0.2) is 5.15 Å². The zero-order valence-corrected chi connectivity index (χ0v) is 11.6. The third-order valence-electron chi connectivity index (χ3n) is 2.03. The summed E-state index contributed by atoms with van der Waals surface area (Å²) in [5.41, 5.74) is 1.57. The van der Waals surface area contributed by atoms with E-state index >= 15 is 0 Å².